The first-order valence-electron chi connectivity index (χ1n) is 6.01. The van der Waals surface area contributed by atoms with Gasteiger partial charge in [0.05, 0.1) is 12.2 Å². The van der Waals surface area contributed by atoms with Gasteiger partial charge in [0, 0.05) is 0 Å². The zero-order valence-electron chi connectivity index (χ0n) is 9.75. The molecule has 2 heteroatoms. The Morgan fingerprint density at radius 2 is 2.00 bits per heavy atom. The van der Waals surface area contributed by atoms with Gasteiger partial charge in [0.1, 0.15) is 5.60 Å². The highest BCUT2D eigenvalue weighted by molar-refractivity contribution is 5.03. The molecule has 1 unspecified atom stereocenters. The molecule has 0 spiro atoms. The monoisotopic (exact) mass is 200 g/mol. The van der Waals surface area contributed by atoms with Crippen LogP contribution in [0.15, 0.2) is 0 Å². The summed E-state index contributed by atoms with van der Waals surface area (Å²) in [5.74, 6) is 0. The molecule has 0 aromatic heterocycles. The normalized spacial score (nSPS) is 33.0. The van der Waals surface area contributed by atoms with Crippen molar-refractivity contribution in [2.45, 2.75) is 77.1 Å². The standard InChI is InChI=1S/C12H24O2/c1-4-6-7-8-9-10(13)12(3)11(5-2)14-12/h10-11,13H,4-9H2,1-3H3/t10?,11-,12-/m1/s1. The zero-order chi connectivity index (χ0) is 10.6. The van der Waals surface area contributed by atoms with Crippen molar-refractivity contribution in [3.8, 4) is 0 Å². The lowest BCUT2D eigenvalue weighted by Gasteiger charge is -2.15. The molecule has 84 valence electrons. The van der Waals surface area contributed by atoms with E-state index in [9.17, 15) is 5.11 Å². The van der Waals surface area contributed by atoms with Crippen molar-refractivity contribution in [1.82, 2.24) is 0 Å². The number of epoxide rings is 1. The fraction of sp³-hybridized carbons (Fsp3) is 1.00. The number of aliphatic hydroxyl groups excluding tert-OH is 1. The maximum atomic E-state index is 9.92. The largest absolute Gasteiger partial charge is 0.390 e. The molecule has 1 saturated heterocycles. The second-order valence-corrected chi connectivity index (χ2v) is 4.56. The molecule has 14 heavy (non-hydrogen) atoms. The van der Waals surface area contributed by atoms with Gasteiger partial charge in [-0.15, -0.1) is 0 Å². The summed E-state index contributed by atoms with van der Waals surface area (Å²) in [5, 5.41) is 9.92. The van der Waals surface area contributed by atoms with E-state index in [1.807, 2.05) is 6.92 Å². The summed E-state index contributed by atoms with van der Waals surface area (Å²) >= 11 is 0. The summed E-state index contributed by atoms with van der Waals surface area (Å²) in [6, 6.07) is 0. The molecular weight excluding hydrogens is 176 g/mol. The summed E-state index contributed by atoms with van der Waals surface area (Å²) < 4.78 is 5.52. The Labute approximate surface area is 87.7 Å². The van der Waals surface area contributed by atoms with Gasteiger partial charge in [-0.3, -0.25) is 0 Å². The van der Waals surface area contributed by atoms with Crippen molar-refractivity contribution in [2.75, 3.05) is 0 Å². The van der Waals surface area contributed by atoms with Crippen LogP contribution in [0, 0.1) is 0 Å². The molecule has 1 aliphatic rings. The second-order valence-electron chi connectivity index (χ2n) is 4.56. The van der Waals surface area contributed by atoms with E-state index in [-0.39, 0.29) is 11.7 Å². The molecule has 0 amide bonds. The van der Waals surface area contributed by atoms with E-state index in [4.69, 9.17) is 4.74 Å². The summed E-state index contributed by atoms with van der Waals surface area (Å²) in [6.07, 6.45) is 6.84. The van der Waals surface area contributed by atoms with Crippen molar-refractivity contribution in [3.63, 3.8) is 0 Å². The van der Waals surface area contributed by atoms with Crippen LogP contribution in [0.2, 0.25) is 0 Å². The Morgan fingerprint density at radius 3 is 2.50 bits per heavy atom. The number of ether oxygens (including phenoxy) is 1. The van der Waals surface area contributed by atoms with Crippen molar-refractivity contribution >= 4 is 0 Å². The Kier molecular flexibility index (Phi) is 4.39. The van der Waals surface area contributed by atoms with Gasteiger partial charge in [0.15, 0.2) is 0 Å². The van der Waals surface area contributed by atoms with Crippen LogP contribution in [0.3, 0.4) is 0 Å². The Bertz CT molecular complexity index is 170. The van der Waals surface area contributed by atoms with Crippen LogP contribution in [0.5, 0.6) is 0 Å². The predicted molar refractivity (Wildman–Crippen MR) is 58.3 cm³/mol. The molecule has 3 atom stereocenters. The fourth-order valence-electron chi connectivity index (χ4n) is 2.11. The lowest BCUT2D eigenvalue weighted by atomic mass is 9.94. The maximum absolute atomic E-state index is 9.92. The molecule has 0 bridgehead atoms. The van der Waals surface area contributed by atoms with Gasteiger partial charge in [-0.25, -0.2) is 0 Å². The van der Waals surface area contributed by atoms with Gasteiger partial charge in [-0.05, 0) is 19.8 Å². The predicted octanol–water partition coefficient (Wildman–Crippen LogP) is 2.89. The molecule has 1 rings (SSSR count). The topological polar surface area (TPSA) is 32.8 Å². The lowest BCUT2D eigenvalue weighted by Crippen LogP contribution is -2.28. The highest BCUT2D eigenvalue weighted by atomic mass is 16.6. The zero-order valence-corrected chi connectivity index (χ0v) is 9.75. The van der Waals surface area contributed by atoms with Gasteiger partial charge in [0.25, 0.3) is 0 Å². The minimum atomic E-state index is -0.260. The van der Waals surface area contributed by atoms with Gasteiger partial charge >= 0.3 is 0 Å². The molecule has 0 aromatic rings. The number of hydrogen-bond donors (Lipinski definition) is 1. The van der Waals surface area contributed by atoms with Crippen molar-refractivity contribution < 1.29 is 9.84 Å². The van der Waals surface area contributed by atoms with Crippen molar-refractivity contribution in [3.05, 3.63) is 0 Å². The van der Waals surface area contributed by atoms with E-state index in [0.29, 0.717) is 6.10 Å². The van der Waals surface area contributed by atoms with E-state index >= 15 is 0 Å². The number of unbranched alkanes of at least 4 members (excludes halogenated alkanes) is 3. The minimum absolute atomic E-state index is 0.221. The molecule has 1 aliphatic heterocycles. The minimum Gasteiger partial charge on any atom is -0.390 e. The number of aliphatic hydroxyl groups is 1. The van der Waals surface area contributed by atoms with E-state index in [2.05, 4.69) is 13.8 Å². The fourth-order valence-corrected chi connectivity index (χ4v) is 2.11. The van der Waals surface area contributed by atoms with E-state index in [0.717, 1.165) is 19.3 Å². The van der Waals surface area contributed by atoms with Gasteiger partial charge < -0.3 is 9.84 Å². The molecule has 1 heterocycles. The van der Waals surface area contributed by atoms with Crippen LogP contribution in [0.4, 0.5) is 0 Å². The highest BCUT2D eigenvalue weighted by Gasteiger charge is 2.55. The average molecular weight is 200 g/mol. The first kappa shape index (κ1) is 12.0. The Balaban J connectivity index is 2.13. The van der Waals surface area contributed by atoms with Crippen LogP contribution in [-0.4, -0.2) is 22.9 Å². The average Bonchev–Trinajstić information content (AvgIpc) is 2.86. The summed E-state index contributed by atoms with van der Waals surface area (Å²) in [7, 11) is 0. The van der Waals surface area contributed by atoms with Crippen LogP contribution < -0.4 is 0 Å². The third kappa shape index (κ3) is 2.71. The van der Waals surface area contributed by atoms with E-state index in [1.165, 1.54) is 19.3 Å². The third-order valence-corrected chi connectivity index (χ3v) is 3.34. The molecule has 1 N–H and O–H groups in total. The summed E-state index contributed by atoms with van der Waals surface area (Å²) in [5.41, 5.74) is -0.221. The first-order valence-corrected chi connectivity index (χ1v) is 6.01. The number of rotatable bonds is 7. The molecule has 0 saturated carbocycles. The van der Waals surface area contributed by atoms with Gasteiger partial charge in [0.2, 0.25) is 0 Å². The Morgan fingerprint density at radius 1 is 1.29 bits per heavy atom. The maximum Gasteiger partial charge on any atom is 0.118 e. The van der Waals surface area contributed by atoms with Crippen LogP contribution in [0.25, 0.3) is 0 Å². The molecule has 2 nitrogen and oxygen atoms in total. The van der Waals surface area contributed by atoms with Crippen molar-refractivity contribution in [2.24, 2.45) is 0 Å². The second kappa shape index (κ2) is 5.13. The lowest BCUT2D eigenvalue weighted by molar-refractivity contribution is 0.0751. The summed E-state index contributed by atoms with van der Waals surface area (Å²) in [4.78, 5) is 0. The van der Waals surface area contributed by atoms with Crippen LogP contribution >= 0.6 is 0 Å². The first-order chi connectivity index (χ1) is 6.65. The SMILES string of the molecule is CCCCCCC(O)[C@@]1(C)O[C@@H]1CC. The van der Waals surface area contributed by atoms with Gasteiger partial charge in [-0.1, -0.05) is 39.5 Å². The smallest absolute Gasteiger partial charge is 0.118 e. The van der Waals surface area contributed by atoms with E-state index < -0.39 is 0 Å². The van der Waals surface area contributed by atoms with Crippen molar-refractivity contribution in [1.29, 1.82) is 0 Å². The molecule has 1 fully saturated rings. The highest BCUT2D eigenvalue weighted by Crippen LogP contribution is 2.42. The Hall–Kier alpha value is -0.0800. The molecule has 0 radical (unpaired) electrons. The molecular formula is C12H24O2. The molecule has 0 aromatic carbocycles. The van der Waals surface area contributed by atoms with E-state index in [1.54, 1.807) is 0 Å². The summed E-state index contributed by atoms with van der Waals surface area (Å²) in [6.45, 7) is 6.35. The molecule has 0 aliphatic carbocycles. The van der Waals surface area contributed by atoms with Crippen LogP contribution in [0.1, 0.15) is 59.3 Å². The van der Waals surface area contributed by atoms with Gasteiger partial charge in [-0.2, -0.15) is 0 Å². The third-order valence-electron chi connectivity index (χ3n) is 3.34. The number of hydrogen-bond acceptors (Lipinski definition) is 2. The van der Waals surface area contributed by atoms with Crippen LogP contribution in [-0.2, 0) is 4.74 Å². The quantitative estimate of drug-likeness (QED) is 0.506.